The molecule has 0 spiro atoms. The maximum atomic E-state index is 13.5. The quantitative estimate of drug-likeness (QED) is 0.626. The second-order valence-corrected chi connectivity index (χ2v) is 9.77. The summed E-state index contributed by atoms with van der Waals surface area (Å²) in [5.74, 6) is 0.652. The minimum Gasteiger partial charge on any atom is -0.336 e. The zero-order valence-corrected chi connectivity index (χ0v) is 19.1. The lowest BCUT2D eigenvalue weighted by Crippen LogP contribution is -2.37. The number of carbonyl (C=O) groups is 1. The number of piperidine rings is 1. The Balaban J connectivity index is 1.38. The van der Waals surface area contributed by atoms with E-state index in [4.69, 9.17) is 4.98 Å². The van der Waals surface area contributed by atoms with Crippen LogP contribution in [0.15, 0.2) is 41.9 Å². The first-order valence-corrected chi connectivity index (χ1v) is 12.3. The van der Waals surface area contributed by atoms with Crippen LogP contribution < -0.4 is 0 Å². The van der Waals surface area contributed by atoms with E-state index in [9.17, 15) is 4.79 Å². The summed E-state index contributed by atoms with van der Waals surface area (Å²) in [4.78, 5) is 26.0. The topological polar surface area (TPSA) is 44.1 Å². The maximum absolute atomic E-state index is 13.5. The maximum Gasteiger partial charge on any atom is 0.274 e. The van der Waals surface area contributed by atoms with Gasteiger partial charge in [0.15, 0.2) is 10.7 Å². The van der Waals surface area contributed by atoms with E-state index in [1.54, 1.807) is 11.3 Å². The molecule has 2 saturated heterocycles. The van der Waals surface area contributed by atoms with E-state index in [2.05, 4.69) is 63.2 Å². The van der Waals surface area contributed by atoms with Crippen molar-refractivity contribution in [3.63, 3.8) is 0 Å². The highest BCUT2D eigenvalue weighted by atomic mass is 32.1. The van der Waals surface area contributed by atoms with Crippen molar-refractivity contribution in [1.29, 1.82) is 0 Å². The number of likely N-dealkylation sites (N-methyl/N-ethyl adjacent to an activating group) is 1. The lowest BCUT2D eigenvalue weighted by molar-refractivity contribution is 0.0754. The number of nitrogens with zero attached hydrogens (tertiary/aromatic N) is 5. The predicted octanol–water partition coefficient (Wildman–Crippen LogP) is 3.55. The van der Waals surface area contributed by atoms with E-state index in [0.717, 1.165) is 62.9 Å². The number of imidazole rings is 1. The summed E-state index contributed by atoms with van der Waals surface area (Å²) in [6.45, 7) is 6.44. The Labute approximate surface area is 188 Å². The van der Waals surface area contributed by atoms with Crippen LogP contribution in [0.2, 0.25) is 0 Å². The highest BCUT2D eigenvalue weighted by Gasteiger charge is 2.28. The Kier molecular flexibility index (Phi) is 6.07. The fourth-order valence-electron chi connectivity index (χ4n) is 4.96. The minimum atomic E-state index is 0.0952. The fraction of sp³-hybridized carbons (Fsp3) is 0.500. The number of hydrogen-bond acceptors (Lipinski definition) is 5. The molecule has 5 rings (SSSR count). The number of likely N-dealkylation sites (tertiary alicyclic amines) is 1. The summed E-state index contributed by atoms with van der Waals surface area (Å²) in [7, 11) is 2.13. The molecule has 0 bridgehead atoms. The smallest absolute Gasteiger partial charge is 0.274 e. The van der Waals surface area contributed by atoms with Crippen LogP contribution >= 0.6 is 11.3 Å². The van der Waals surface area contributed by atoms with Gasteiger partial charge in [0.05, 0.1) is 5.69 Å². The van der Waals surface area contributed by atoms with Crippen LogP contribution in [0.25, 0.3) is 4.96 Å². The zero-order valence-electron chi connectivity index (χ0n) is 18.2. The van der Waals surface area contributed by atoms with Crippen molar-refractivity contribution in [3.05, 3.63) is 58.9 Å². The van der Waals surface area contributed by atoms with Gasteiger partial charge >= 0.3 is 0 Å². The summed E-state index contributed by atoms with van der Waals surface area (Å²) in [6, 6.07) is 10.8. The summed E-state index contributed by atoms with van der Waals surface area (Å²) in [5, 5.41) is 2.06. The SMILES string of the molecule is CN1CCCN(C(=O)c2nc3sccn3c2CN2CCCC(c3ccccc3)C2)CC1. The largest absolute Gasteiger partial charge is 0.336 e. The molecule has 2 aromatic heterocycles. The average molecular weight is 438 g/mol. The van der Waals surface area contributed by atoms with Crippen molar-refractivity contribution in [2.45, 2.75) is 31.7 Å². The van der Waals surface area contributed by atoms with Crippen molar-refractivity contribution < 1.29 is 4.79 Å². The summed E-state index contributed by atoms with van der Waals surface area (Å²) in [5.41, 5.74) is 3.12. The number of rotatable bonds is 4. The molecule has 0 N–H and O–H groups in total. The van der Waals surface area contributed by atoms with Crippen LogP contribution in [0.3, 0.4) is 0 Å². The van der Waals surface area contributed by atoms with Gasteiger partial charge in [0, 0.05) is 44.3 Å². The molecule has 0 saturated carbocycles. The lowest BCUT2D eigenvalue weighted by Gasteiger charge is -2.33. The molecule has 2 aliphatic heterocycles. The Morgan fingerprint density at radius 1 is 1.10 bits per heavy atom. The van der Waals surface area contributed by atoms with E-state index < -0.39 is 0 Å². The second kappa shape index (κ2) is 9.10. The molecule has 1 aromatic carbocycles. The summed E-state index contributed by atoms with van der Waals surface area (Å²) < 4.78 is 2.13. The molecule has 4 heterocycles. The highest BCUT2D eigenvalue weighted by molar-refractivity contribution is 7.15. The van der Waals surface area contributed by atoms with Crippen LogP contribution in [0.1, 0.15) is 46.9 Å². The van der Waals surface area contributed by atoms with Gasteiger partial charge in [-0.25, -0.2) is 4.98 Å². The molecule has 1 atom stereocenters. The number of carbonyl (C=O) groups excluding carboxylic acids is 1. The third-order valence-electron chi connectivity index (χ3n) is 6.72. The van der Waals surface area contributed by atoms with Gasteiger partial charge in [-0.2, -0.15) is 0 Å². The van der Waals surface area contributed by atoms with Crippen LogP contribution in [0.4, 0.5) is 0 Å². The Morgan fingerprint density at radius 2 is 1.97 bits per heavy atom. The number of aromatic nitrogens is 2. The van der Waals surface area contributed by atoms with Gasteiger partial charge in [-0.3, -0.25) is 14.1 Å². The van der Waals surface area contributed by atoms with Crippen LogP contribution in [0.5, 0.6) is 0 Å². The molecule has 2 aliphatic rings. The predicted molar refractivity (Wildman–Crippen MR) is 125 cm³/mol. The standard InChI is InChI=1S/C24H31N5OS/c1-26-10-6-12-28(14-13-26)23(30)22-21(29-15-16-31-24(29)25-22)18-27-11-5-9-20(17-27)19-7-3-2-4-8-19/h2-4,7-8,15-16,20H,5-6,9-14,17-18H2,1H3. The molecular formula is C24H31N5OS. The second-order valence-electron chi connectivity index (χ2n) is 8.90. The van der Waals surface area contributed by atoms with Gasteiger partial charge in [-0.15, -0.1) is 11.3 Å². The van der Waals surface area contributed by atoms with Gasteiger partial charge in [0.2, 0.25) is 0 Å². The van der Waals surface area contributed by atoms with Gasteiger partial charge in [0.1, 0.15) is 0 Å². The molecule has 0 aliphatic carbocycles. The average Bonchev–Trinajstić information content (AvgIpc) is 3.32. The fourth-order valence-corrected chi connectivity index (χ4v) is 5.70. The molecule has 164 valence electrons. The van der Waals surface area contributed by atoms with Gasteiger partial charge in [0.25, 0.3) is 5.91 Å². The van der Waals surface area contributed by atoms with Gasteiger partial charge in [-0.1, -0.05) is 30.3 Å². The van der Waals surface area contributed by atoms with E-state index in [-0.39, 0.29) is 5.91 Å². The molecule has 0 radical (unpaired) electrons. The van der Waals surface area contributed by atoms with Crippen LogP contribution in [-0.2, 0) is 6.54 Å². The Hall–Kier alpha value is -2.22. The first kappa shape index (κ1) is 20.7. The Morgan fingerprint density at radius 3 is 2.84 bits per heavy atom. The van der Waals surface area contributed by atoms with Crippen molar-refractivity contribution in [2.75, 3.05) is 46.3 Å². The third kappa shape index (κ3) is 4.40. The number of amides is 1. The van der Waals surface area contributed by atoms with E-state index >= 15 is 0 Å². The molecule has 2 fully saturated rings. The van der Waals surface area contributed by atoms with Crippen LogP contribution in [-0.4, -0.2) is 76.3 Å². The summed E-state index contributed by atoms with van der Waals surface area (Å²) in [6.07, 6.45) is 5.50. The monoisotopic (exact) mass is 437 g/mol. The molecular weight excluding hydrogens is 406 g/mol. The Bertz CT molecular complexity index is 1030. The molecule has 6 nitrogen and oxygen atoms in total. The molecule has 7 heteroatoms. The number of hydrogen-bond donors (Lipinski definition) is 0. The van der Waals surface area contributed by atoms with E-state index in [0.29, 0.717) is 11.6 Å². The zero-order chi connectivity index (χ0) is 21.2. The molecule has 1 unspecified atom stereocenters. The highest BCUT2D eigenvalue weighted by Crippen LogP contribution is 2.29. The number of fused-ring (bicyclic) bond motifs is 1. The first-order valence-electron chi connectivity index (χ1n) is 11.4. The number of thiazole rings is 1. The van der Waals surface area contributed by atoms with E-state index in [1.807, 2.05) is 4.90 Å². The first-order chi connectivity index (χ1) is 15.2. The normalized spacial score (nSPS) is 21.5. The van der Waals surface area contributed by atoms with Gasteiger partial charge in [-0.05, 0) is 50.9 Å². The molecule has 31 heavy (non-hydrogen) atoms. The van der Waals surface area contributed by atoms with Crippen molar-refractivity contribution >= 4 is 22.2 Å². The summed E-state index contributed by atoms with van der Waals surface area (Å²) >= 11 is 1.60. The third-order valence-corrected chi connectivity index (χ3v) is 7.48. The van der Waals surface area contributed by atoms with Crippen molar-refractivity contribution in [1.82, 2.24) is 24.1 Å². The number of benzene rings is 1. The lowest BCUT2D eigenvalue weighted by atomic mass is 9.90. The molecule has 1 amide bonds. The minimum absolute atomic E-state index is 0.0952. The van der Waals surface area contributed by atoms with Crippen LogP contribution in [0, 0.1) is 0 Å². The van der Waals surface area contributed by atoms with Crippen molar-refractivity contribution in [3.8, 4) is 0 Å². The molecule has 3 aromatic rings. The van der Waals surface area contributed by atoms with Crippen molar-refractivity contribution in [2.24, 2.45) is 0 Å². The van der Waals surface area contributed by atoms with Gasteiger partial charge < -0.3 is 9.80 Å². The van der Waals surface area contributed by atoms with E-state index in [1.165, 1.54) is 18.4 Å².